The summed E-state index contributed by atoms with van der Waals surface area (Å²) >= 11 is 0. The first-order chi connectivity index (χ1) is 30.5. The van der Waals surface area contributed by atoms with Crippen LogP contribution in [-0.2, 0) is 50.7 Å². The molecule has 10 rings (SSSR count). The smallest absolute Gasteiger partial charge is 0.332 e. The Labute approximate surface area is 370 Å². The van der Waals surface area contributed by atoms with E-state index in [0.29, 0.717) is 66.4 Å². The minimum Gasteiger partial charge on any atom is -0.493 e. The van der Waals surface area contributed by atoms with Crippen molar-refractivity contribution in [3.8, 4) is 5.75 Å². The van der Waals surface area contributed by atoms with E-state index < -0.39 is 7.60 Å². The molecule has 336 valence electrons. The van der Waals surface area contributed by atoms with Crippen molar-refractivity contribution in [2.45, 2.75) is 75.0 Å². The van der Waals surface area contributed by atoms with Crippen LogP contribution < -0.4 is 20.3 Å². The molecule has 18 nitrogen and oxygen atoms in total. The van der Waals surface area contributed by atoms with E-state index in [4.69, 9.17) is 14.0 Å². The molecular formula is C45H52N9O9P. The van der Waals surface area contributed by atoms with Gasteiger partial charge in [0.15, 0.2) is 5.82 Å². The number of carbonyl (C=O) groups excluding carboxylic acids is 4. The molecular weight excluding hydrogens is 842 g/mol. The summed E-state index contributed by atoms with van der Waals surface area (Å²) in [6.45, 7) is 7.37. The lowest BCUT2D eigenvalue weighted by Crippen LogP contribution is -2.76. The summed E-state index contributed by atoms with van der Waals surface area (Å²) in [6, 6.07) is 7.24. The van der Waals surface area contributed by atoms with E-state index in [9.17, 15) is 28.6 Å². The summed E-state index contributed by atoms with van der Waals surface area (Å²) in [5.74, 6) is 0.767. The second-order valence-corrected chi connectivity index (χ2v) is 19.7. The molecule has 4 fully saturated rings. The molecule has 64 heavy (non-hydrogen) atoms. The van der Waals surface area contributed by atoms with E-state index in [2.05, 4.69) is 32.2 Å². The predicted molar refractivity (Wildman–Crippen MR) is 237 cm³/mol. The molecule has 19 heteroatoms. The number of benzene rings is 1. The molecule has 0 spiro atoms. The molecule has 3 aromatic heterocycles. The maximum Gasteiger partial charge on any atom is 0.332 e. The van der Waals surface area contributed by atoms with Crippen molar-refractivity contribution in [1.29, 1.82) is 0 Å². The molecule has 3 aliphatic heterocycles. The van der Waals surface area contributed by atoms with Gasteiger partial charge in [-0.3, -0.25) is 33.6 Å². The number of anilines is 2. The number of hydrogen-bond donors (Lipinski definition) is 3. The summed E-state index contributed by atoms with van der Waals surface area (Å²) in [5, 5.41) is 5.98. The topological polar surface area (TPSA) is 212 Å². The first-order valence-electron chi connectivity index (χ1n) is 21.4. The second kappa shape index (κ2) is 16.6. The fraction of sp³-hybridized carbons (Fsp3) is 0.444. The Balaban J connectivity index is 0.742. The standard InChI is InChI=1S/C45H52N9O9P/c1-27-13-32-19-46-34-17-36(28(2)14-33(34)42(57)54(32)20-27)62-10-6-7-38(55)48-37-22-52(4)40(49-37)41(56)50-45-24-44(25-45,26-45)31-16-35(51(3)21-31)43(58)53-9-8-30-15-29(18-47-39(30)53)23-64(59,60)63-12-11-61-5/h14-19,21-22,32H,1,6-13,20,23-26H2,2-5H3,(H,48,55)(H,50,56)(H,59,60)/t32-,44?,45?/m0/s1. The molecule has 2 bridgehead atoms. The van der Waals surface area contributed by atoms with Crippen LogP contribution in [0.4, 0.5) is 17.3 Å². The van der Waals surface area contributed by atoms with E-state index in [1.807, 2.05) is 36.9 Å². The van der Waals surface area contributed by atoms with Crippen molar-refractivity contribution in [3.05, 3.63) is 94.3 Å². The number of methoxy groups -OCH3 is 1. The van der Waals surface area contributed by atoms with Crippen molar-refractivity contribution in [3.63, 3.8) is 0 Å². The third kappa shape index (κ3) is 8.19. The maximum atomic E-state index is 13.9. The van der Waals surface area contributed by atoms with E-state index in [0.717, 1.165) is 41.5 Å². The molecule has 3 saturated carbocycles. The van der Waals surface area contributed by atoms with Gasteiger partial charge < -0.3 is 43.6 Å². The van der Waals surface area contributed by atoms with Gasteiger partial charge in [0.25, 0.3) is 17.7 Å². The number of carbonyl (C=O) groups is 4. The highest BCUT2D eigenvalue weighted by atomic mass is 31.2. The molecule has 4 amide bonds. The number of hydrogen-bond acceptors (Lipinski definition) is 11. The Kier molecular flexibility index (Phi) is 11.2. The quantitative estimate of drug-likeness (QED) is 0.0782. The van der Waals surface area contributed by atoms with Crippen molar-refractivity contribution < 1.29 is 42.6 Å². The molecule has 1 unspecified atom stereocenters. The van der Waals surface area contributed by atoms with Gasteiger partial charge in [-0.15, -0.1) is 0 Å². The summed E-state index contributed by atoms with van der Waals surface area (Å²) in [5.41, 5.74) is 5.36. The number of aryl methyl sites for hydroxylation is 3. The second-order valence-electron chi connectivity index (χ2n) is 17.9. The average molecular weight is 894 g/mol. The summed E-state index contributed by atoms with van der Waals surface area (Å²) in [4.78, 5) is 80.7. The molecule has 1 saturated heterocycles. The van der Waals surface area contributed by atoms with Crippen LogP contribution in [-0.4, -0.2) is 110 Å². The van der Waals surface area contributed by atoms with Gasteiger partial charge in [-0.1, -0.05) is 12.2 Å². The maximum absolute atomic E-state index is 13.9. The van der Waals surface area contributed by atoms with Gasteiger partial charge >= 0.3 is 7.60 Å². The van der Waals surface area contributed by atoms with E-state index >= 15 is 0 Å². The van der Waals surface area contributed by atoms with Gasteiger partial charge in [0.05, 0.1) is 43.3 Å². The zero-order valence-corrected chi connectivity index (χ0v) is 37.3. The Morgan fingerprint density at radius 2 is 1.86 bits per heavy atom. The fourth-order valence-corrected chi connectivity index (χ4v) is 10.9. The number of fused-ring (bicyclic) bond motifs is 3. The van der Waals surface area contributed by atoms with Gasteiger partial charge in [0.1, 0.15) is 17.3 Å². The Hall–Kier alpha value is -5.94. The molecule has 6 aliphatic rings. The van der Waals surface area contributed by atoms with Crippen LogP contribution in [0.2, 0.25) is 0 Å². The zero-order valence-electron chi connectivity index (χ0n) is 36.4. The number of imidazole rings is 1. The van der Waals surface area contributed by atoms with Gasteiger partial charge in [0.2, 0.25) is 11.7 Å². The van der Waals surface area contributed by atoms with E-state index in [-0.39, 0.29) is 84.7 Å². The lowest BCUT2D eigenvalue weighted by Gasteiger charge is -2.70. The Morgan fingerprint density at radius 3 is 2.64 bits per heavy atom. The number of nitrogens with one attached hydrogen (secondary N) is 2. The molecule has 2 atom stereocenters. The van der Waals surface area contributed by atoms with Crippen LogP contribution in [0.1, 0.15) is 92.2 Å². The number of amides is 4. The third-order valence-electron chi connectivity index (χ3n) is 12.9. The van der Waals surface area contributed by atoms with Crippen LogP contribution in [0.3, 0.4) is 0 Å². The summed E-state index contributed by atoms with van der Waals surface area (Å²) in [6.07, 6.45) is 10.8. The van der Waals surface area contributed by atoms with E-state index in [1.54, 1.807) is 46.0 Å². The van der Waals surface area contributed by atoms with Crippen molar-refractivity contribution >= 4 is 54.8 Å². The molecule has 3 N–H and O–H groups in total. The lowest BCUT2D eigenvalue weighted by atomic mass is 9.37. The van der Waals surface area contributed by atoms with E-state index in [1.165, 1.54) is 13.3 Å². The highest BCUT2D eigenvalue weighted by Gasteiger charge is 2.69. The highest BCUT2D eigenvalue weighted by molar-refractivity contribution is 7.51. The van der Waals surface area contributed by atoms with Crippen molar-refractivity contribution in [2.75, 3.05) is 50.2 Å². The molecule has 1 aromatic carbocycles. The van der Waals surface area contributed by atoms with Gasteiger partial charge in [-0.2, -0.15) is 0 Å². The van der Waals surface area contributed by atoms with Crippen molar-refractivity contribution in [1.82, 2.24) is 29.3 Å². The number of ether oxygens (including phenoxy) is 2. The first kappa shape index (κ1) is 43.3. The van der Waals surface area contributed by atoms with Gasteiger partial charge in [0, 0.05) is 82.5 Å². The fourth-order valence-electron chi connectivity index (χ4n) is 9.84. The molecule has 4 aromatic rings. The predicted octanol–water partition coefficient (Wildman–Crippen LogP) is 4.90. The number of nitrogens with zero attached hydrogens (tertiary/aromatic N) is 7. The highest BCUT2D eigenvalue weighted by Crippen LogP contribution is 2.68. The van der Waals surface area contributed by atoms with Crippen LogP contribution in [0, 0.1) is 6.92 Å². The first-order valence-corrected chi connectivity index (χ1v) is 23.2. The minimum absolute atomic E-state index is 0.00803. The molecule has 6 heterocycles. The van der Waals surface area contributed by atoms with Crippen LogP contribution in [0.25, 0.3) is 0 Å². The van der Waals surface area contributed by atoms with Crippen LogP contribution in [0.15, 0.2) is 60.0 Å². The Morgan fingerprint density at radius 1 is 1.06 bits per heavy atom. The number of rotatable bonds is 16. The lowest BCUT2D eigenvalue weighted by molar-refractivity contribution is -0.116. The van der Waals surface area contributed by atoms with Gasteiger partial charge in [-0.25, -0.2) is 9.97 Å². The molecule has 0 radical (unpaired) electrons. The summed E-state index contributed by atoms with van der Waals surface area (Å²) in [7, 11) is 1.17. The largest absolute Gasteiger partial charge is 0.493 e. The zero-order chi connectivity index (χ0) is 45.1. The monoisotopic (exact) mass is 893 g/mol. The van der Waals surface area contributed by atoms with Crippen LogP contribution in [0.5, 0.6) is 5.75 Å². The normalized spacial score (nSPS) is 22.5. The van der Waals surface area contributed by atoms with Crippen molar-refractivity contribution in [2.24, 2.45) is 19.1 Å². The van der Waals surface area contributed by atoms with Gasteiger partial charge in [-0.05, 0) is 85.9 Å². The Bertz CT molecular complexity index is 2670. The third-order valence-corrected chi connectivity index (χ3v) is 14.3. The number of aliphatic imine (C=N–C) groups is 1. The minimum atomic E-state index is -3.88. The van der Waals surface area contributed by atoms with Crippen LogP contribution >= 0.6 is 7.60 Å². The average Bonchev–Trinajstić information content (AvgIpc) is 3.99. The number of aromatic nitrogens is 4. The number of pyridine rings is 1. The summed E-state index contributed by atoms with van der Waals surface area (Å²) < 4.78 is 32.0. The molecule has 3 aliphatic carbocycles. The SMILES string of the molecule is C=C1C[C@H]2C=Nc3cc(OCCCC(=O)Nc4cn(C)c(C(=O)NC56CC(c7cc(C(=O)N8CCc9cc(CP(=O)(O)OCCOC)cnc98)n(C)c7)(C5)C6)n4)c(C)cc3C(=O)N2C1.